The maximum Gasteiger partial charge on any atom is 0.276 e. The summed E-state index contributed by atoms with van der Waals surface area (Å²) in [6.45, 7) is 6.07. The number of rotatable bonds is 3. The second-order valence-electron chi connectivity index (χ2n) is 5.64. The van der Waals surface area contributed by atoms with Crippen molar-refractivity contribution in [1.29, 1.82) is 0 Å². The number of halogens is 1. The van der Waals surface area contributed by atoms with Crippen LogP contribution in [0.5, 0.6) is 0 Å². The minimum Gasteiger partial charge on any atom is -0.364 e. The summed E-state index contributed by atoms with van der Waals surface area (Å²) >= 11 is 5.87. The molecule has 0 bridgehead atoms. The van der Waals surface area contributed by atoms with Gasteiger partial charge in [0.15, 0.2) is 5.69 Å². The Morgan fingerprint density at radius 3 is 2.48 bits per heavy atom. The van der Waals surface area contributed by atoms with Gasteiger partial charge in [-0.25, -0.2) is 0 Å². The van der Waals surface area contributed by atoms with Gasteiger partial charge in [-0.2, -0.15) is 0 Å². The number of carbonyl (C=O) groups excluding carboxylic acids is 1. The van der Waals surface area contributed by atoms with Crippen molar-refractivity contribution in [3.05, 3.63) is 47.1 Å². The molecular weight excluding hydrogens is 288 g/mol. The van der Waals surface area contributed by atoms with E-state index in [0.29, 0.717) is 16.5 Å². The van der Waals surface area contributed by atoms with Gasteiger partial charge in [0, 0.05) is 16.2 Å². The molecule has 0 saturated heterocycles. The van der Waals surface area contributed by atoms with Crippen molar-refractivity contribution in [1.82, 2.24) is 10.2 Å². The van der Waals surface area contributed by atoms with Gasteiger partial charge in [0.25, 0.3) is 5.91 Å². The summed E-state index contributed by atoms with van der Waals surface area (Å²) < 4.78 is 0. The second-order valence-corrected chi connectivity index (χ2v) is 6.08. The highest BCUT2D eigenvalue weighted by molar-refractivity contribution is 6.30. The van der Waals surface area contributed by atoms with Gasteiger partial charge in [-0.15, -0.1) is 10.2 Å². The first-order valence-electron chi connectivity index (χ1n) is 6.52. The van der Waals surface area contributed by atoms with Crippen LogP contribution in [-0.2, 0) is 0 Å². The average Bonchev–Trinajstić information content (AvgIpc) is 2.37. The fraction of sp³-hybridized carbons (Fsp3) is 0.267. The van der Waals surface area contributed by atoms with Crippen LogP contribution in [0.2, 0.25) is 5.02 Å². The third-order valence-electron chi connectivity index (χ3n) is 2.48. The highest BCUT2D eigenvalue weighted by Gasteiger charge is 2.12. The van der Waals surface area contributed by atoms with Crippen LogP contribution in [-0.4, -0.2) is 21.6 Å². The molecule has 0 aliphatic carbocycles. The Labute approximate surface area is 128 Å². The fourth-order valence-electron chi connectivity index (χ4n) is 1.67. The van der Waals surface area contributed by atoms with Crippen LogP contribution in [0.3, 0.4) is 0 Å². The number of aromatic nitrogens is 2. The van der Waals surface area contributed by atoms with Gasteiger partial charge in [-0.1, -0.05) is 17.7 Å². The van der Waals surface area contributed by atoms with E-state index < -0.39 is 0 Å². The Morgan fingerprint density at radius 1 is 1.14 bits per heavy atom. The van der Waals surface area contributed by atoms with Gasteiger partial charge in [0.2, 0.25) is 0 Å². The number of amides is 1. The topological polar surface area (TPSA) is 66.9 Å². The monoisotopic (exact) mass is 304 g/mol. The average molecular weight is 305 g/mol. The summed E-state index contributed by atoms with van der Waals surface area (Å²) in [5.74, 6) is 0.300. The second kappa shape index (κ2) is 6.10. The molecule has 6 heteroatoms. The molecule has 0 spiro atoms. The van der Waals surface area contributed by atoms with E-state index in [2.05, 4.69) is 20.8 Å². The lowest BCUT2D eigenvalue weighted by Crippen LogP contribution is -2.27. The molecule has 2 rings (SSSR count). The largest absolute Gasteiger partial charge is 0.364 e. The molecule has 0 fully saturated rings. The van der Waals surface area contributed by atoms with E-state index in [1.54, 1.807) is 36.4 Å². The number of nitrogens with zero attached hydrogens (tertiary/aromatic N) is 2. The molecule has 21 heavy (non-hydrogen) atoms. The maximum absolute atomic E-state index is 12.0. The van der Waals surface area contributed by atoms with E-state index in [0.717, 1.165) is 0 Å². The van der Waals surface area contributed by atoms with E-state index in [-0.39, 0.29) is 17.1 Å². The molecule has 110 valence electrons. The Hall–Kier alpha value is -2.14. The van der Waals surface area contributed by atoms with Gasteiger partial charge < -0.3 is 10.6 Å². The first-order chi connectivity index (χ1) is 9.83. The molecule has 0 aliphatic heterocycles. The number of benzene rings is 1. The normalized spacial score (nSPS) is 11.0. The lowest BCUT2D eigenvalue weighted by Gasteiger charge is -2.20. The first kappa shape index (κ1) is 15.3. The number of hydrogen-bond acceptors (Lipinski definition) is 4. The molecule has 2 N–H and O–H groups in total. The molecular formula is C15H17ClN4O. The van der Waals surface area contributed by atoms with E-state index in [1.165, 1.54) is 0 Å². The third-order valence-corrected chi connectivity index (χ3v) is 2.72. The SMILES string of the molecule is CC(C)(C)Nc1ccc(C(=O)Nc2cccc(Cl)c2)nn1. The van der Waals surface area contributed by atoms with Crippen molar-refractivity contribution < 1.29 is 4.79 Å². The van der Waals surface area contributed by atoms with Crippen LogP contribution >= 0.6 is 11.6 Å². The smallest absolute Gasteiger partial charge is 0.276 e. The third kappa shape index (κ3) is 4.72. The zero-order valence-corrected chi connectivity index (χ0v) is 12.9. The van der Waals surface area contributed by atoms with Crippen LogP contribution in [0.1, 0.15) is 31.3 Å². The predicted molar refractivity (Wildman–Crippen MR) is 84.8 cm³/mol. The molecule has 0 radical (unpaired) electrons. The molecule has 0 unspecified atom stereocenters. The van der Waals surface area contributed by atoms with Crippen LogP contribution < -0.4 is 10.6 Å². The summed E-state index contributed by atoms with van der Waals surface area (Å²) in [5.41, 5.74) is 0.750. The van der Waals surface area contributed by atoms with E-state index in [9.17, 15) is 4.79 Å². The van der Waals surface area contributed by atoms with Crippen LogP contribution in [0, 0.1) is 0 Å². The van der Waals surface area contributed by atoms with Gasteiger partial charge in [-0.05, 0) is 51.1 Å². The number of nitrogens with one attached hydrogen (secondary N) is 2. The molecule has 0 saturated carbocycles. The summed E-state index contributed by atoms with van der Waals surface area (Å²) in [5, 5.41) is 14.4. The summed E-state index contributed by atoms with van der Waals surface area (Å²) in [7, 11) is 0. The molecule has 5 nitrogen and oxygen atoms in total. The molecule has 0 atom stereocenters. The predicted octanol–water partition coefficient (Wildman–Crippen LogP) is 3.59. The maximum atomic E-state index is 12.0. The molecule has 2 aromatic rings. The van der Waals surface area contributed by atoms with Crippen LogP contribution in [0.4, 0.5) is 11.5 Å². The van der Waals surface area contributed by atoms with Gasteiger partial charge in [-0.3, -0.25) is 4.79 Å². The van der Waals surface area contributed by atoms with Gasteiger partial charge in [0.05, 0.1) is 0 Å². The van der Waals surface area contributed by atoms with Crippen molar-refractivity contribution in [2.24, 2.45) is 0 Å². The Kier molecular flexibility index (Phi) is 4.43. The van der Waals surface area contributed by atoms with Crippen LogP contribution in [0.25, 0.3) is 0 Å². The highest BCUT2D eigenvalue weighted by Crippen LogP contribution is 2.16. The lowest BCUT2D eigenvalue weighted by molar-refractivity contribution is 0.102. The van der Waals surface area contributed by atoms with Crippen molar-refractivity contribution in [2.75, 3.05) is 10.6 Å². The number of anilines is 2. The van der Waals surface area contributed by atoms with Gasteiger partial charge in [0.1, 0.15) is 5.82 Å². The van der Waals surface area contributed by atoms with E-state index >= 15 is 0 Å². The van der Waals surface area contributed by atoms with E-state index in [4.69, 9.17) is 11.6 Å². The van der Waals surface area contributed by atoms with Crippen molar-refractivity contribution in [3.63, 3.8) is 0 Å². The Morgan fingerprint density at radius 2 is 1.90 bits per heavy atom. The number of hydrogen-bond donors (Lipinski definition) is 2. The quantitative estimate of drug-likeness (QED) is 0.909. The van der Waals surface area contributed by atoms with Crippen molar-refractivity contribution in [2.45, 2.75) is 26.3 Å². The lowest BCUT2D eigenvalue weighted by atomic mass is 10.1. The molecule has 1 aromatic heterocycles. The highest BCUT2D eigenvalue weighted by atomic mass is 35.5. The Balaban J connectivity index is 2.06. The standard InChI is InChI=1S/C15H17ClN4O/c1-15(2,3)18-13-8-7-12(19-20-13)14(21)17-11-6-4-5-10(16)9-11/h4-9H,1-3H3,(H,17,21)(H,18,20). The summed E-state index contributed by atoms with van der Waals surface area (Å²) in [6, 6.07) is 10.3. The Bertz CT molecular complexity index is 635. The summed E-state index contributed by atoms with van der Waals surface area (Å²) in [6.07, 6.45) is 0. The summed E-state index contributed by atoms with van der Waals surface area (Å²) in [4.78, 5) is 12.0. The van der Waals surface area contributed by atoms with Crippen molar-refractivity contribution in [3.8, 4) is 0 Å². The van der Waals surface area contributed by atoms with Gasteiger partial charge >= 0.3 is 0 Å². The number of carbonyl (C=O) groups is 1. The fourth-order valence-corrected chi connectivity index (χ4v) is 1.86. The minimum atomic E-state index is -0.327. The van der Waals surface area contributed by atoms with Crippen molar-refractivity contribution >= 4 is 29.0 Å². The minimum absolute atomic E-state index is 0.112. The zero-order valence-electron chi connectivity index (χ0n) is 12.1. The molecule has 1 heterocycles. The first-order valence-corrected chi connectivity index (χ1v) is 6.90. The van der Waals surface area contributed by atoms with E-state index in [1.807, 2.05) is 20.8 Å². The molecule has 1 aromatic carbocycles. The zero-order chi connectivity index (χ0) is 15.5. The molecule has 1 amide bonds. The molecule has 0 aliphatic rings. The van der Waals surface area contributed by atoms with Crippen LogP contribution in [0.15, 0.2) is 36.4 Å².